The molecule has 0 radical (unpaired) electrons. The molecule has 120 valence electrons. The lowest BCUT2D eigenvalue weighted by Gasteiger charge is -2.33. The van der Waals surface area contributed by atoms with Gasteiger partial charge in [0.25, 0.3) is 5.92 Å². The molecule has 2 aliphatic rings. The number of carbonyl (C=O) groups is 1. The first-order valence-corrected chi connectivity index (χ1v) is 7.65. The second-order valence-electron chi connectivity index (χ2n) is 5.95. The highest BCUT2D eigenvalue weighted by Crippen LogP contribution is 2.27. The lowest BCUT2D eigenvalue weighted by molar-refractivity contribution is -0.135. The maximum Gasteiger partial charge on any atom is 0.262 e. The Morgan fingerprint density at radius 1 is 1.23 bits per heavy atom. The quantitative estimate of drug-likeness (QED) is 0.929. The van der Waals surface area contributed by atoms with E-state index in [1.165, 1.54) is 0 Å². The van der Waals surface area contributed by atoms with E-state index in [9.17, 15) is 13.6 Å². The minimum atomic E-state index is -2.77. The van der Waals surface area contributed by atoms with Crippen LogP contribution in [0.25, 0.3) is 0 Å². The lowest BCUT2D eigenvalue weighted by atomic mass is 10.1. The zero-order valence-corrected chi connectivity index (χ0v) is 12.3. The van der Waals surface area contributed by atoms with Crippen molar-refractivity contribution in [1.82, 2.24) is 10.2 Å². The topological polar surface area (TPSA) is 41.6 Å². The summed E-state index contributed by atoms with van der Waals surface area (Å²) in [5.41, 5.74) is 0. The van der Waals surface area contributed by atoms with Crippen molar-refractivity contribution in [3.63, 3.8) is 0 Å². The number of hydrogen-bond acceptors (Lipinski definition) is 3. The molecule has 2 fully saturated rings. The summed E-state index contributed by atoms with van der Waals surface area (Å²) in [6.45, 7) is 0.706. The molecule has 0 aromatic heterocycles. The minimum absolute atomic E-state index is 0.0735. The Balaban J connectivity index is 1.48. The number of benzene rings is 1. The molecule has 0 aliphatic carbocycles. The molecule has 0 saturated carbocycles. The molecule has 0 spiro atoms. The number of nitrogens with one attached hydrogen (secondary N) is 1. The van der Waals surface area contributed by atoms with Gasteiger partial charge in [0.1, 0.15) is 11.9 Å². The van der Waals surface area contributed by atoms with Crippen molar-refractivity contribution < 1.29 is 18.3 Å². The molecule has 3 rings (SSSR count). The van der Waals surface area contributed by atoms with E-state index in [-0.39, 0.29) is 12.0 Å². The molecule has 1 unspecified atom stereocenters. The molecule has 1 amide bonds. The molecular weight excluding hydrogens is 290 g/mol. The van der Waals surface area contributed by atoms with Crippen molar-refractivity contribution >= 4 is 5.91 Å². The highest BCUT2D eigenvalue weighted by molar-refractivity contribution is 5.82. The number of amides is 1. The number of nitrogens with zero attached hydrogens (tertiary/aromatic N) is 1. The standard InChI is InChI=1S/C16H20F2N2O2/c17-16(18)10-14(19-11-16)15(21)20-8-6-13(7-9-20)22-12-4-2-1-3-5-12/h1-5,13-14,19H,6-11H2. The Labute approximate surface area is 128 Å². The summed E-state index contributed by atoms with van der Waals surface area (Å²) in [5.74, 6) is -2.16. The summed E-state index contributed by atoms with van der Waals surface area (Å²) < 4.78 is 32.2. The van der Waals surface area contributed by atoms with Crippen LogP contribution >= 0.6 is 0 Å². The number of para-hydroxylation sites is 1. The van der Waals surface area contributed by atoms with E-state index in [2.05, 4.69) is 5.32 Å². The third-order valence-electron chi connectivity index (χ3n) is 4.21. The van der Waals surface area contributed by atoms with E-state index >= 15 is 0 Å². The van der Waals surface area contributed by atoms with Crippen LogP contribution in [0.1, 0.15) is 19.3 Å². The molecule has 1 atom stereocenters. The van der Waals surface area contributed by atoms with Crippen LogP contribution in [0.3, 0.4) is 0 Å². The molecule has 22 heavy (non-hydrogen) atoms. The van der Waals surface area contributed by atoms with Crippen LogP contribution in [0.15, 0.2) is 30.3 Å². The summed E-state index contributed by atoms with van der Waals surface area (Å²) in [4.78, 5) is 13.9. The lowest BCUT2D eigenvalue weighted by Crippen LogP contribution is -2.48. The number of hydrogen-bond donors (Lipinski definition) is 1. The number of halogens is 2. The van der Waals surface area contributed by atoms with E-state index in [1.807, 2.05) is 30.3 Å². The summed E-state index contributed by atoms with van der Waals surface area (Å²) in [7, 11) is 0. The van der Waals surface area contributed by atoms with Crippen LogP contribution in [0.5, 0.6) is 5.75 Å². The fraction of sp³-hybridized carbons (Fsp3) is 0.562. The van der Waals surface area contributed by atoms with Crippen LogP contribution in [-0.2, 0) is 4.79 Å². The second kappa shape index (κ2) is 6.20. The molecule has 2 heterocycles. The molecular formula is C16H20F2N2O2. The summed E-state index contributed by atoms with van der Waals surface area (Å²) >= 11 is 0. The fourth-order valence-electron chi connectivity index (χ4n) is 3.00. The van der Waals surface area contributed by atoms with Gasteiger partial charge in [-0.3, -0.25) is 10.1 Å². The summed E-state index contributed by atoms with van der Waals surface area (Å²) in [6.07, 6.45) is 1.13. The molecule has 2 aliphatic heterocycles. The SMILES string of the molecule is O=C(C1CC(F)(F)CN1)N1CCC(Oc2ccccc2)CC1. The fourth-order valence-corrected chi connectivity index (χ4v) is 3.00. The van der Waals surface area contributed by atoms with Gasteiger partial charge in [-0.05, 0) is 12.1 Å². The predicted octanol–water partition coefficient (Wildman–Crippen LogP) is 2.05. The molecule has 0 bridgehead atoms. The molecule has 6 heteroatoms. The summed E-state index contributed by atoms with van der Waals surface area (Å²) in [5, 5.41) is 2.62. The Hall–Kier alpha value is -1.69. The Bertz CT molecular complexity index is 516. The zero-order chi connectivity index (χ0) is 15.6. The molecule has 1 N–H and O–H groups in total. The van der Waals surface area contributed by atoms with Crippen LogP contribution in [0.4, 0.5) is 8.78 Å². The number of rotatable bonds is 3. The largest absolute Gasteiger partial charge is 0.490 e. The van der Waals surface area contributed by atoms with Crippen LogP contribution < -0.4 is 10.1 Å². The van der Waals surface area contributed by atoms with Crippen molar-refractivity contribution in [2.45, 2.75) is 37.3 Å². The number of likely N-dealkylation sites (tertiary alicyclic amines) is 1. The van der Waals surface area contributed by atoms with E-state index < -0.39 is 24.9 Å². The third kappa shape index (κ3) is 3.55. The van der Waals surface area contributed by atoms with Crippen molar-refractivity contribution in [2.75, 3.05) is 19.6 Å². The van der Waals surface area contributed by atoms with Crippen molar-refractivity contribution in [2.24, 2.45) is 0 Å². The predicted molar refractivity (Wildman–Crippen MR) is 78.0 cm³/mol. The van der Waals surface area contributed by atoms with Gasteiger partial charge in [0.15, 0.2) is 0 Å². The van der Waals surface area contributed by atoms with Gasteiger partial charge in [0.2, 0.25) is 5.91 Å². The van der Waals surface area contributed by atoms with Gasteiger partial charge < -0.3 is 9.64 Å². The maximum atomic E-state index is 13.2. The van der Waals surface area contributed by atoms with Crippen LogP contribution in [-0.4, -0.2) is 48.5 Å². The average molecular weight is 310 g/mol. The van der Waals surface area contributed by atoms with E-state index in [4.69, 9.17) is 4.74 Å². The van der Waals surface area contributed by atoms with Gasteiger partial charge in [0, 0.05) is 32.4 Å². The molecule has 1 aromatic carbocycles. The van der Waals surface area contributed by atoms with E-state index in [0.717, 1.165) is 18.6 Å². The van der Waals surface area contributed by atoms with Gasteiger partial charge in [-0.25, -0.2) is 8.78 Å². The van der Waals surface area contributed by atoms with Gasteiger partial charge in [-0.15, -0.1) is 0 Å². The Kier molecular flexibility index (Phi) is 4.29. The summed E-state index contributed by atoms with van der Waals surface area (Å²) in [6, 6.07) is 8.82. The highest BCUT2D eigenvalue weighted by atomic mass is 19.3. The van der Waals surface area contributed by atoms with Crippen molar-refractivity contribution in [1.29, 1.82) is 0 Å². The van der Waals surface area contributed by atoms with Crippen LogP contribution in [0.2, 0.25) is 0 Å². The first-order chi connectivity index (χ1) is 10.5. The monoisotopic (exact) mass is 310 g/mol. The number of alkyl halides is 2. The third-order valence-corrected chi connectivity index (χ3v) is 4.21. The zero-order valence-electron chi connectivity index (χ0n) is 12.3. The van der Waals surface area contributed by atoms with Gasteiger partial charge >= 0.3 is 0 Å². The number of carbonyl (C=O) groups excluding carboxylic acids is 1. The van der Waals surface area contributed by atoms with Crippen LogP contribution in [0, 0.1) is 0 Å². The molecule has 1 aromatic rings. The number of ether oxygens (including phenoxy) is 1. The number of piperidine rings is 1. The smallest absolute Gasteiger partial charge is 0.262 e. The van der Waals surface area contributed by atoms with Crippen molar-refractivity contribution in [3.05, 3.63) is 30.3 Å². The first-order valence-electron chi connectivity index (χ1n) is 7.65. The molecule has 4 nitrogen and oxygen atoms in total. The van der Waals surface area contributed by atoms with Gasteiger partial charge in [-0.1, -0.05) is 18.2 Å². The Morgan fingerprint density at radius 3 is 2.50 bits per heavy atom. The average Bonchev–Trinajstić information content (AvgIpc) is 2.88. The maximum absolute atomic E-state index is 13.2. The minimum Gasteiger partial charge on any atom is -0.490 e. The van der Waals surface area contributed by atoms with Crippen molar-refractivity contribution in [3.8, 4) is 5.75 Å². The van der Waals surface area contributed by atoms with Gasteiger partial charge in [0.05, 0.1) is 12.6 Å². The van der Waals surface area contributed by atoms with E-state index in [0.29, 0.717) is 13.1 Å². The van der Waals surface area contributed by atoms with E-state index in [1.54, 1.807) is 4.90 Å². The second-order valence-corrected chi connectivity index (χ2v) is 5.95. The molecule has 2 saturated heterocycles. The first kappa shape index (κ1) is 15.2. The van der Waals surface area contributed by atoms with Gasteiger partial charge in [-0.2, -0.15) is 0 Å². The normalized spacial score (nSPS) is 25.2. The highest BCUT2D eigenvalue weighted by Gasteiger charge is 2.43. The Morgan fingerprint density at radius 2 is 1.91 bits per heavy atom.